The van der Waals surface area contributed by atoms with Crippen molar-refractivity contribution in [2.45, 2.75) is 33.6 Å². The Hall–Kier alpha value is -1.69. The van der Waals surface area contributed by atoms with Crippen molar-refractivity contribution in [1.82, 2.24) is 15.3 Å². The zero-order valence-corrected chi connectivity index (χ0v) is 12.7. The molecule has 0 saturated carbocycles. The van der Waals surface area contributed by atoms with Crippen LogP contribution in [0, 0.1) is 0 Å². The van der Waals surface area contributed by atoms with E-state index in [1.54, 1.807) is 6.20 Å². The molecular weight excluding hydrogens is 256 g/mol. The molecule has 6 heteroatoms. The second-order valence-corrected chi connectivity index (χ2v) is 4.63. The highest BCUT2D eigenvalue weighted by atomic mass is 16.5. The molecule has 2 N–H and O–H groups in total. The fourth-order valence-electron chi connectivity index (χ4n) is 1.63. The Kier molecular flexibility index (Phi) is 6.93. The van der Waals surface area contributed by atoms with Crippen LogP contribution in [0.15, 0.2) is 6.20 Å². The van der Waals surface area contributed by atoms with Gasteiger partial charge in [0, 0.05) is 25.6 Å². The third-order valence-corrected chi connectivity index (χ3v) is 2.64. The summed E-state index contributed by atoms with van der Waals surface area (Å²) in [6.07, 6.45) is 1.67. The predicted octanol–water partition coefficient (Wildman–Crippen LogP) is 1.80. The van der Waals surface area contributed by atoms with Gasteiger partial charge < -0.3 is 15.4 Å². The predicted molar refractivity (Wildman–Crippen MR) is 79.1 cm³/mol. The van der Waals surface area contributed by atoms with Crippen LogP contribution in [0.5, 0.6) is 0 Å². The average Bonchev–Trinajstić information content (AvgIpc) is 2.44. The lowest BCUT2D eigenvalue weighted by molar-refractivity contribution is 0.0918. The average molecular weight is 280 g/mol. The molecule has 0 atom stereocenters. The Bertz CT molecular complexity index is 435. The second-order valence-electron chi connectivity index (χ2n) is 4.63. The maximum atomic E-state index is 12.2. The number of carbonyl (C=O) groups is 1. The molecule has 1 amide bonds. The molecule has 0 fully saturated rings. The van der Waals surface area contributed by atoms with E-state index in [9.17, 15) is 4.79 Å². The Morgan fingerprint density at radius 3 is 2.75 bits per heavy atom. The highest BCUT2D eigenvalue weighted by Crippen LogP contribution is 2.16. The molecular formula is C14H24N4O2. The van der Waals surface area contributed by atoms with Crippen LogP contribution < -0.4 is 10.6 Å². The molecule has 1 rings (SSSR count). The molecule has 1 aromatic heterocycles. The minimum atomic E-state index is -0.204. The van der Waals surface area contributed by atoms with Gasteiger partial charge in [-0.25, -0.2) is 9.97 Å². The van der Waals surface area contributed by atoms with Crippen LogP contribution in [0.4, 0.5) is 5.69 Å². The fourth-order valence-corrected chi connectivity index (χ4v) is 1.63. The molecule has 0 aliphatic carbocycles. The van der Waals surface area contributed by atoms with Crippen molar-refractivity contribution in [3.8, 4) is 0 Å². The van der Waals surface area contributed by atoms with Crippen molar-refractivity contribution in [2.24, 2.45) is 0 Å². The van der Waals surface area contributed by atoms with E-state index in [0.29, 0.717) is 43.5 Å². The van der Waals surface area contributed by atoms with Crippen LogP contribution in [-0.4, -0.2) is 42.2 Å². The largest absolute Gasteiger partial charge is 0.382 e. The smallest absolute Gasteiger partial charge is 0.272 e. The lowest BCUT2D eigenvalue weighted by Gasteiger charge is -2.12. The first kappa shape index (κ1) is 16.4. The number of aromatic nitrogens is 2. The van der Waals surface area contributed by atoms with E-state index >= 15 is 0 Å². The van der Waals surface area contributed by atoms with Gasteiger partial charge in [-0.05, 0) is 13.8 Å². The molecule has 0 aromatic carbocycles. The molecule has 6 nitrogen and oxygen atoms in total. The van der Waals surface area contributed by atoms with Gasteiger partial charge in [0.1, 0.15) is 5.82 Å². The summed E-state index contributed by atoms with van der Waals surface area (Å²) in [5.41, 5.74) is 1.05. The highest BCUT2D eigenvalue weighted by Gasteiger charge is 2.15. The molecule has 0 bridgehead atoms. The lowest BCUT2D eigenvalue weighted by Crippen LogP contribution is -2.29. The van der Waals surface area contributed by atoms with Gasteiger partial charge in [0.25, 0.3) is 5.91 Å². The van der Waals surface area contributed by atoms with Crippen LogP contribution >= 0.6 is 0 Å². The zero-order valence-electron chi connectivity index (χ0n) is 12.7. The van der Waals surface area contributed by atoms with E-state index in [1.165, 1.54) is 0 Å². The van der Waals surface area contributed by atoms with Crippen LogP contribution in [0.25, 0.3) is 0 Å². The van der Waals surface area contributed by atoms with Crippen LogP contribution in [0.1, 0.15) is 49.9 Å². The molecule has 0 radical (unpaired) electrons. The fraction of sp³-hybridized carbons (Fsp3) is 0.643. The van der Waals surface area contributed by atoms with Crippen molar-refractivity contribution in [2.75, 3.05) is 31.6 Å². The number of carbonyl (C=O) groups excluding carboxylic acids is 1. The summed E-state index contributed by atoms with van der Waals surface area (Å²) in [7, 11) is 0. The number of hydrogen-bond acceptors (Lipinski definition) is 5. The molecule has 0 unspecified atom stereocenters. The second kappa shape index (κ2) is 8.47. The van der Waals surface area contributed by atoms with Gasteiger partial charge in [-0.1, -0.05) is 13.8 Å². The number of anilines is 1. The van der Waals surface area contributed by atoms with Gasteiger partial charge in [0.2, 0.25) is 0 Å². The Morgan fingerprint density at radius 2 is 2.15 bits per heavy atom. The van der Waals surface area contributed by atoms with Gasteiger partial charge in [0.15, 0.2) is 5.69 Å². The third-order valence-electron chi connectivity index (χ3n) is 2.64. The molecule has 1 aromatic rings. The standard InChI is InChI=1S/C14H24N4O2/c1-5-15-11-9-17-13(10(3)4)18-12(11)14(19)16-7-8-20-6-2/h9-10,15H,5-8H2,1-4H3,(H,16,19). The molecule has 112 valence electrons. The zero-order chi connectivity index (χ0) is 15.0. The highest BCUT2D eigenvalue weighted by molar-refractivity contribution is 5.97. The van der Waals surface area contributed by atoms with Crippen molar-refractivity contribution in [3.05, 3.63) is 17.7 Å². The van der Waals surface area contributed by atoms with Gasteiger partial charge >= 0.3 is 0 Å². The number of nitrogens with zero attached hydrogens (tertiary/aromatic N) is 2. The summed E-state index contributed by atoms with van der Waals surface area (Å²) in [5.74, 6) is 0.646. The van der Waals surface area contributed by atoms with Crippen molar-refractivity contribution >= 4 is 11.6 Å². The normalized spacial score (nSPS) is 10.7. The van der Waals surface area contributed by atoms with Gasteiger partial charge in [-0.3, -0.25) is 4.79 Å². The van der Waals surface area contributed by atoms with Crippen molar-refractivity contribution < 1.29 is 9.53 Å². The Labute approximate surface area is 120 Å². The van der Waals surface area contributed by atoms with Gasteiger partial charge in [0.05, 0.1) is 18.5 Å². The summed E-state index contributed by atoms with van der Waals surface area (Å²) in [4.78, 5) is 20.8. The van der Waals surface area contributed by atoms with Crippen molar-refractivity contribution in [1.29, 1.82) is 0 Å². The van der Waals surface area contributed by atoms with E-state index < -0.39 is 0 Å². The molecule has 20 heavy (non-hydrogen) atoms. The number of hydrogen-bond donors (Lipinski definition) is 2. The van der Waals surface area contributed by atoms with Crippen LogP contribution in [0.3, 0.4) is 0 Å². The summed E-state index contributed by atoms with van der Waals surface area (Å²) in [6.45, 7) is 10.2. The first-order valence-electron chi connectivity index (χ1n) is 7.06. The maximum Gasteiger partial charge on any atom is 0.272 e. The molecule has 0 aliphatic rings. The lowest BCUT2D eigenvalue weighted by atomic mass is 10.2. The number of ether oxygens (including phenoxy) is 1. The SMILES string of the molecule is CCNc1cnc(C(C)C)nc1C(=O)NCCOCC. The van der Waals surface area contributed by atoms with E-state index in [0.717, 1.165) is 0 Å². The van der Waals surface area contributed by atoms with E-state index in [1.807, 2.05) is 27.7 Å². The number of amides is 1. The Morgan fingerprint density at radius 1 is 1.40 bits per heavy atom. The maximum absolute atomic E-state index is 12.2. The first-order chi connectivity index (χ1) is 9.60. The Balaban J connectivity index is 2.82. The molecule has 0 spiro atoms. The third kappa shape index (κ3) is 4.77. The number of nitrogens with one attached hydrogen (secondary N) is 2. The van der Waals surface area contributed by atoms with Crippen LogP contribution in [0.2, 0.25) is 0 Å². The number of rotatable bonds is 8. The summed E-state index contributed by atoms with van der Waals surface area (Å²) >= 11 is 0. The van der Waals surface area contributed by atoms with Gasteiger partial charge in [-0.2, -0.15) is 0 Å². The minimum absolute atomic E-state index is 0.181. The van der Waals surface area contributed by atoms with E-state index in [2.05, 4.69) is 20.6 Å². The van der Waals surface area contributed by atoms with Crippen molar-refractivity contribution in [3.63, 3.8) is 0 Å². The quantitative estimate of drug-likeness (QED) is 0.710. The minimum Gasteiger partial charge on any atom is -0.382 e. The first-order valence-corrected chi connectivity index (χ1v) is 7.06. The monoisotopic (exact) mass is 280 g/mol. The summed E-state index contributed by atoms with van der Waals surface area (Å²) in [6, 6.07) is 0. The van der Waals surface area contributed by atoms with E-state index in [-0.39, 0.29) is 11.8 Å². The van der Waals surface area contributed by atoms with E-state index in [4.69, 9.17) is 4.74 Å². The summed E-state index contributed by atoms with van der Waals surface area (Å²) < 4.78 is 5.20. The molecule has 1 heterocycles. The molecule has 0 aliphatic heterocycles. The van der Waals surface area contributed by atoms with Crippen LogP contribution in [-0.2, 0) is 4.74 Å². The summed E-state index contributed by atoms with van der Waals surface area (Å²) in [5, 5.41) is 5.91. The van der Waals surface area contributed by atoms with Gasteiger partial charge in [-0.15, -0.1) is 0 Å². The molecule has 0 saturated heterocycles. The topological polar surface area (TPSA) is 76.1 Å².